The molecule has 0 unspecified atom stereocenters. The Bertz CT molecular complexity index is 811. The zero-order valence-corrected chi connectivity index (χ0v) is 11.4. The van der Waals surface area contributed by atoms with E-state index < -0.39 is 5.97 Å². The molecule has 0 saturated heterocycles. The van der Waals surface area contributed by atoms with Crippen molar-refractivity contribution in [3.05, 3.63) is 71.6 Å². The average Bonchev–Trinajstić information content (AvgIpc) is 2.92. The van der Waals surface area contributed by atoms with E-state index in [1.54, 1.807) is 40.9 Å². The van der Waals surface area contributed by atoms with E-state index >= 15 is 0 Å². The zero-order chi connectivity index (χ0) is 14.8. The number of hydrogen-bond donors (Lipinski definition) is 0. The lowest BCUT2D eigenvalue weighted by molar-refractivity contribution is 0.0592. The van der Waals surface area contributed by atoms with Crippen LogP contribution in [0.1, 0.15) is 21.9 Å². The molecule has 0 aliphatic rings. The van der Waals surface area contributed by atoms with E-state index in [2.05, 4.69) is 4.98 Å². The van der Waals surface area contributed by atoms with Gasteiger partial charge in [-0.25, -0.2) is 14.2 Å². The summed E-state index contributed by atoms with van der Waals surface area (Å²) in [6.07, 6.45) is 1.96. The predicted molar refractivity (Wildman–Crippen MR) is 75.7 cm³/mol. The van der Waals surface area contributed by atoms with E-state index in [-0.39, 0.29) is 5.82 Å². The Kier molecular flexibility index (Phi) is 3.39. The molecule has 4 nitrogen and oxygen atoms in total. The van der Waals surface area contributed by atoms with Crippen molar-refractivity contribution in [3.63, 3.8) is 0 Å². The van der Waals surface area contributed by atoms with Crippen LogP contribution in [-0.2, 0) is 11.2 Å². The van der Waals surface area contributed by atoms with Gasteiger partial charge in [-0.05, 0) is 23.8 Å². The minimum absolute atomic E-state index is 0.287. The summed E-state index contributed by atoms with van der Waals surface area (Å²) in [6, 6.07) is 11.8. The van der Waals surface area contributed by atoms with Gasteiger partial charge in [-0.2, -0.15) is 0 Å². The third-order valence-electron chi connectivity index (χ3n) is 3.33. The SMILES string of the molecule is COC(=O)c1cccc2cnc(Cc3ccccc3F)n12. The van der Waals surface area contributed by atoms with Crippen LogP contribution in [0.25, 0.3) is 5.52 Å². The molecule has 0 N–H and O–H groups in total. The van der Waals surface area contributed by atoms with E-state index in [9.17, 15) is 9.18 Å². The molecule has 0 saturated carbocycles. The summed E-state index contributed by atoms with van der Waals surface area (Å²) >= 11 is 0. The van der Waals surface area contributed by atoms with Crippen molar-refractivity contribution in [1.82, 2.24) is 9.38 Å². The molecular weight excluding hydrogens is 271 g/mol. The van der Waals surface area contributed by atoms with Gasteiger partial charge in [0.25, 0.3) is 0 Å². The summed E-state index contributed by atoms with van der Waals surface area (Å²) in [7, 11) is 1.33. The van der Waals surface area contributed by atoms with Gasteiger partial charge in [-0.15, -0.1) is 0 Å². The third-order valence-corrected chi connectivity index (χ3v) is 3.33. The number of rotatable bonds is 3. The average molecular weight is 284 g/mol. The highest BCUT2D eigenvalue weighted by Gasteiger charge is 2.15. The molecule has 0 atom stereocenters. The van der Waals surface area contributed by atoms with Crippen LogP contribution in [0, 0.1) is 5.82 Å². The van der Waals surface area contributed by atoms with Gasteiger partial charge < -0.3 is 4.74 Å². The molecule has 2 heterocycles. The lowest BCUT2D eigenvalue weighted by atomic mass is 10.1. The summed E-state index contributed by atoms with van der Waals surface area (Å²) < 4.78 is 20.3. The molecule has 2 aromatic heterocycles. The number of halogens is 1. The van der Waals surface area contributed by atoms with Gasteiger partial charge >= 0.3 is 5.97 Å². The molecule has 0 aliphatic carbocycles. The largest absolute Gasteiger partial charge is 0.464 e. The number of pyridine rings is 1. The van der Waals surface area contributed by atoms with Gasteiger partial charge in [0.2, 0.25) is 0 Å². The maximum atomic E-state index is 13.8. The van der Waals surface area contributed by atoms with E-state index in [1.165, 1.54) is 13.2 Å². The van der Waals surface area contributed by atoms with Crippen LogP contribution in [0.2, 0.25) is 0 Å². The molecule has 0 amide bonds. The summed E-state index contributed by atoms with van der Waals surface area (Å²) in [5, 5.41) is 0. The van der Waals surface area contributed by atoms with Crippen molar-refractivity contribution in [2.75, 3.05) is 7.11 Å². The Morgan fingerprint density at radius 2 is 2.05 bits per heavy atom. The normalized spacial score (nSPS) is 10.8. The zero-order valence-electron chi connectivity index (χ0n) is 11.4. The minimum atomic E-state index is -0.451. The highest BCUT2D eigenvalue weighted by Crippen LogP contribution is 2.17. The summed E-state index contributed by atoms with van der Waals surface area (Å²) in [5.74, 6) is -0.144. The van der Waals surface area contributed by atoms with E-state index in [1.807, 2.05) is 6.07 Å². The van der Waals surface area contributed by atoms with Gasteiger partial charge in [-0.1, -0.05) is 24.3 Å². The monoisotopic (exact) mass is 284 g/mol. The first-order valence-corrected chi connectivity index (χ1v) is 6.48. The van der Waals surface area contributed by atoms with Crippen LogP contribution in [0.5, 0.6) is 0 Å². The number of ether oxygens (including phenoxy) is 1. The molecular formula is C16H13FN2O2. The Hall–Kier alpha value is -2.69. The predicted octanol–water partition coefficient (Wildman–Crippen LogP) is 2.85. The lowest BCUT2D eigenvalue weighted by Crippen LogP contribution is -2.10. The molecule has 106 valence electrons. The first-order valence-electron chi connectivity index (χ1n) is 6.48. The maximum Gasteiger partial charge on any atom is 0.355 e. The molecule has 3 rings (SSSR count). The molecule has 0 aliphatic heterocycles. The highest BCUT2D eigenvalue weighted by molar-refractivity contribution is 5.88. The summed E-state index contributed by atoms with van der Waals surface area (Å²) in [5.41, 5.74) is 1.67. The first kappa shape index (κ1) is 13.3. The molecule has 21 heavy (non-hydrogen) atoms. The van der Waals surface area contributed by atoms with E-state index in [4.69, 9.17) is 4.74 Å². The second-order valence-electron chi connectivity index (χ2n) is 4.61. The van der Waals surface area contributed by atoms with Gasteiger partial charge in [-0.3, -0.25) is 4.40 Å². The Morgan fingerprint density at radius 3 is 2.81 bits per heavy atom. The molecule has 3 aromatic rings. The number of esters is 1. The van der Waals surface area contributed by atoms with Crippen molar-refractivity contribution in [3.8, 4) is 0 Å². The molecule has 5 heteroatoms. The smallest absolute Gasteiger partial charge is 0.355 e. The highest BCUT2D eigenvalue weighted by atomic mass is 19.1. The van der Waals surface area contributed by atoms with Gasteiger partial charge in [0, 0.05) is 6.42 Å². The maximum absolute atomic E-state index is 13.8. The lowest BCUT2D eigenvalue weighted by Gasteiger charge is -2.07. The van der Waals surface area contributed by atoms with Crippen molar-refractivity contribution in [1.29, 1.82) is 0 Å². The topological polar surface area (TPSA) is 43.6 Å². The fraction of sp³-hybridized carbons (Fsp3) is 0.125. The number of nitrogens with zero attached hydrogens (tertiary/aromatic N) is 2. The van der Waals surface area contributed by atoms with Gasteiger partial charge in [0.15, 0.2) is 0 Å². The minimum Gasteiger partial charge on any atom is -0.464 e. The van der Waals surface area contributed by atoms with Crippen LogP contribution in [0.15, 0.2) is 48.7 Å². The van der Waals surface area contributed by atoms with Crippen LogP contribution >= 0.6 is 0 Å². The van der Waals surface area contributed by atoms with Crippen LogP contribution in [-0.4, -0.2) is 22.5 Å². The molecule has 0 bridgehead atoms. The fourth-order valence-corrected chi connectivity index (χ4v) is 2.31. The second-order valence-corrected chi connectivity index (χ2v) is 4.61. The third kappa shape index (κ3) is 2.38. The number of carbonyl (C=O) groups excluding carboxylic acids is 1. The molecule has 0 spiro atoms. The molecule has 0 radical (unpaired) electrons. The first-order chi connectivity index (χ1) is 10.2. The number of imidazole rings is 1. The summed E-state index contributed by atoms with van der Waals surface area (Å²) in [6.45, 7) is 0. The van der Waals surface area contributed by atoms with Gasteiger partial charge in [0.1, 0.15) is 17.3 Å². The van der Waals surface area contributed by atoms with E-state index in [0.29, 0.717) is 23.5 Å². The van der Waals surface area contributed by atoms with Crippen molar-refractivity contribution in [2.45, 2.75) is 6.42 Å². The number of aromatic nitrogens is 2. The number of methoxy groups -OCH3 is 1. The standard InChI is InChI=1S/C16H13FN2O2/c1-21-16(20)14-8-4-6-12-10-18-15(19(12)14)9-11-5-2-3-7-13(11)17/h2-8,10H,9H2,1H3. The van der Waals surface area contributed by atoms with Crippen molar-refractivity contribution >= 4 is 11.5 Å². The van der Waals surface area contributed by atoms with Crippen molar-refractivity contribution in [2.24, 2.45) is 0 Å². The number of carbonyl (C=O) groups is 1. The fourth-order valence-electron chi connectivity index (χ4n) is 2.31. The number of hydrogen-bond acceptors (Lipinski definition) is 3. The summed E-state index contributed by atoms with van der Waals surface area (Å²) in [4.78, 5) is 16.1. The second kappa shape index (κ2) is 5.36. The number of fused-ring (bicyclic) bond motifs is 1. The quantitative estimate of drug-likeness (QED) is 0.695. The Labute approximate surface area is 120 Å². The van der Waals surface area contributed by atoms with E-state index in [0.717, 1.165) is 5.52 Å². The Balaban J connectivity index is 2.11. The van der Waals surface area contributed by atoms with Gasteiger partial charge in [0.05, 0.1) is 18.8 Å². The molecule has 0 fully saturated rings. The number of benzene rings is 1. The molecule has 1 aromatic carbocycles. The van der Waals surface area contributed by atoms with Crippen molar-refractivity contribution < 1.29 is 13.9 Å². The van der Waals surface area contributed by atoms with Crippen LogP contribution < -0.4 is 0 Å². The Morgan fingerprint density at radius 1 is 1.24 bits per heavy atom. The van der Waals surface area contributed by atoms with Crippen LogP contribution in [0.4, 0.5) is 4.39 Å². The van der Waals surface area contributed by atoms with Crippen LogP contribution in [0.3, 0.4) is 0 Å².